The zero-order chi connectivity index (χ0) is 45.6. The van der Waals surface area contributed by atoms with E-state index < -0.39 is 113 Å². The molecule has 7 rings (SSSR count). The number of Topliss-reactive ketones (excluding diaryl/α,β-unsaturated/α-hetero) is 1. The molecule has 0 spiro atoms. The average Bonchev–Trinajstić information content (AvgIpc) is 3.24. The number of ketones is 1. The Labute approximate surface area is 364 Å². The number of fused-ring (bicyclic) bond motifs is 5. The lowest BCUT2D eigenvalue weighted by Gasteiger charge is -2.67. The molecule has 15 nitrogen and oxygen atoms in total. The van der Waals surface area contributed by atoms with Gasteiger partial charge in [-0.1, -0.05) is 92.7 Å². The molecule has 4 N–H and O–H groups in total. The first-order valence-electron chi connectivity index (χ1n) is 20.9. The van der Waals surface area contributed by atoms with Gasteiger partial charge in [0, 0.05) is 32.1 Å². The van der Waals surface area contributed by atoms with Crippen LogP contribution in [0.5, 0.6) is 0 Å². The summed E-state index contributed by atoms with van der Waals surface area (Å²) in [6.07, 6.45) is -10.5. The minimum absolute atomic E-state index is 0.000618. The molecule has 3 aliphatic carbocycles. The van der Waals surface area contributed by atoms with Crippen LogP contribution in [0.4, 0.5) is 0 Å². The van der Waals surface area contributed by atoms with Crippen LogP contribution in [0.15, 0.2) is 102 Å². The molecule has 2 saturated carbocycles. The lowest BCUT2D eigenvalue weighted by molar-refractivity contribution is -0.346. The number of benzene rings is 3. The normalized spacial score (nSPS) is 31.5. The van der Waals surface area contributed by atoms with E-state index in [1.807, 2.05) is 0 Å². The number of rotatable bonds is 11. The molecule has 3 fully saturated rings. The molecule has 3 aromatic rings. The third kappa shape index (κ3) is 7.85. The lowest BCUT2D eigenvalue weighted by Crippen LogP contribution is -2.82. The van der Waals surface area contributed by atoms with Gasteiger partial charge in [-0.2, -0.15) is 0 Å². The van der Waals surface area contributed by atoms with E-state index in [9.17, 15) is 39.3 Å². The maximum Gasteiger partial charge on any atom is 0.338 e. The number of nitrogens with one attached hydrogen (secondary N) is 1. The largest absolute Gasteiger partial charge is 0.456 e. The van der Waals surface area contributed by atoms with Crippen LogP contribution >= 0.6 is 0 Å². The molecule has 2 bridgehead atoms. The third-order valence-electron chi connectivity index (χ3n) is 13.7. The van der Waals surface area contributed by atoms with Crippen molar-refractivity contribution in [1.29, 1.82) is 0 Å². The smallest absolute Gasteiger partial charge is 0.338 e. The van der Waals surface area contributed by atoms with E-state index in [0.717, 1.165) is 13.8 Å². The summed E-state index contributed by atoms with van der Waals surface area (Å²) >= 11 is 0. The summed E-state index contributed by atoms with van der Waals surface area (Å²) in [5.41, 5.74) is -6.56. The highest BCUT2D eigenvalue weighted by molar-refractivity contribution is 5.95. The van der Waals surface area contributed by atoms with Crippen molar-refractivity contribution in [2.24, 2.45) is 16.7 Å². The number of hydrogen-bond acceptors (Lipinski definition) is 14. The molecule has 1 amide bonds. The second-order valence-electron chi connectivity index (χ2n) is 17.7. The highest BCUT2D eigenvalue weighted by Crippen LogP contribution is 2.64. The summed E-state index contributed by atoms with van der Waals surface area (Å²) in [7, 11) is 0. The molecule has 15 heteroatoms. The number of carbonyl (C=O) groups is 6. The van der Waals surface area contributed by atoms with Gasteiger partial charge >= 0.3 is 23.9 Å². The minimum Gasteiger partial charge on any atom is -0.456 e. The maximum atomic E-state index is 15.5. The van der Waals surface area contributed by atoms with Crippen molar-refractivity contribution in [3.63, 3.8) is 0 Å². The number of aliphatic hydroxyl groups is 3. The first-order valence-corrected chi connectivity index (χ1v) is 20.9. The Bertz CT molecular complexity index is 2300. The Morgan fingerprint density at radius 3 is 2.03 bits per heavy atom. The Balaban J connectivity index is 1.37. The van der Waals surface area contributed by atoms with E-state index in [1.54, 1.807) is 92.7 Å². The molecular weight excluding hydrogens is 815 g/mol. The summed E-state index contributed by atoms with van der Waals surface area (Å²) in [6.45, 7) is 7.99. The van der Waals surface area contributed by atoms with E-state index >= 15 is 4.79 Å². The Morgan fingerprint density at radius 2 is 1.46 bits per heavy atom. The number of esters is 4. The fourth-order valence-electron chi connectivity index (χ4n) is 10.4. The minimum atomic E-state index is -2.39. The summed E-state index contributed by atoms with van der Waals surface area (Å²) in [5.74, 6) is -6.73. The quantitative estimate of drug-likeness (QED) is 0.123. The second kappa shape index (κ2) is 17.1. The molecule has 3 aromatic carbocycles. The standard InChI is InChI=1S/C48H53NO14/c1-26-32(61-44(57)38(54)37(30-18-12-8-13-19-30)49-35(53)22-29-16-10-7-11-17-29)24-48(58)42(62-43(56)31-20-14-9-15-21-31)40-46(6,33(52)23-34-47(40,25-59-34)63-28(3)51)41(55)39(60-27(2)50)36(26)45(48,4)5/h7-21,32-34,37-40,42,52,54,58H,22-25H2,1-6H3,(H,49,53)/t32-,33-,34+,37-,38+,39+,40?,42-,46+,47-,48+/m0/s1. The highest BCUT2D eigenvalue weighted by atomic mass is 16.6. The number of hydrogen-bond donors (Lipinski definition) is 4. The molecular formula is C48H53NO14. The van der Waals surface area contributed by atoms with Crippen molar-refractivity contribution in [2.75, 3.05) is 6.61 Å². The van der Waals surface area contributed by atoms with Gasteiger partial charge < -0.3 is 44.3 Å². The van der Waals surface area contributed by atoms with Gasteiger partial charge in [0.25, 0.3) is 0 Å². The van der Waals surface area contributed by atoms with Crippen molar-refractivity contribution in [1.82, 2.24) is 5.32 Å². The van der Waals surface area contributed by atoms with Gasteiger partial charge in [0.2, 0.25) is 5.91 Å². The fourth-order valence-corrected chi connectivity index (χ4v) is 10.4. The van der Waals surface area contributed by atoms with Crippen molar-refractivity contribution in [2.45, 2.75) is 115 Å². The summed E-state index contributed by atoms with van der Waals surface area (Å²) in [5, 5.41) is 40.3. The van der Waals surface area contributed by atoms with Crippen molar-refractivity contribution < 1.29 is 67.8 Å². The van der Waals surface area contributed by atoms with E-state index in [1.165, 1.54) is 26.0 Å². The third-order valence-corrected chi connectivity index (χ3v) is 13.7. The molecule has 4 aliphatic rings. The Kier molecular flexibility index (Phi) is 12.3. The average molecular weight is 868 g/mol. The SMILES string of the molecule is CC(=O)O[C@H]1C(=O)[C@@]2(C)C([C@H](OC(=O)c3ccccc3)[C@]3(O)C[C@H](OC(=O)[C@H](O)[C@@H](NC(=O)Cc4ccccc4)c4ccccc4)C(C)=C1C3(C)C)[C@]1(OC(C)=O)CO[C@@H]1C[C@@H]2O. The summed E-state index contributed by atoms with van der Waals surface area (Å²) < 4.78 is 30.3. The molecule has 0 aromatic heterocycles. The lowest BCUT2D eigenvalue weighted by atomic mass is 9.44. The van der Waals surface area contributed by atoms with Gasteiger partial charge in [0.05, 0.1) is 42.1 Å². The molecule has 334 valence electrons. The van der Waals surface area contributed by atoms with E-state index in [-0.39, 0.29) is 36.2 Å². The fraction of sp³-hybridized carbons (Fsp3) is 0.458. The second-order valence-corrected chi connectivity index (χ2v) is 17.7. The molecule has 1 aliphatic heterocycles. The van der Waals surface area contributed by atoms with Crippen molar-refractivity contribution >= 4 is 35.6 Å². The number of amides is 1. The molecule has 1 unspecified atom stereocenters. The van der Waals surface area contributed by atoms with Gasteiger partial charge in [0.15, 0.2) is 23.6 Å². The van der Waals surface area contributed by atoms with E-state index in [0.29, 0.717) is 11.1 Å². The van der Waals surface area contributed by atoms with E-state index in [2.05, 4.69) is 5.32 Å². The number of ether oxygens (including phenoxy) is 5. The molecule has 0 radical (unpaired) electrons. The van der Waals surface area contributed by atoms with Gasteiger partial charge in [-0.15, -0.1) is 0 Å². The van der Waals surface area contributed by atoms with Gasteiger partial charge in [0.1, 0.15) is 23.9 Å². The topological polar surface area (TPSA) is 221 Å². The van der Waals surface area contributed by atoms with Gasteiger partial charge in [-0.3, -0.25) is 19.2 Å². The molecule has 1 heterocycles. The summed E-state index contributed by atoms with van der Waals surface area (Å²) in [4.78, 5) is 83.5. The maximum absolute atomic E-state index is 15.5. The van der Waals surface area contributed by atoms with Gasteiger partial charge in [-0.25, -0.2) is 9.59 Å². The van der Waals surface area contributed by atoms with E-state index in [4.69, 9.17) is 23.7 Å². The zero-order valence-corrected chi connectivity index (χ0v) is 35.9. The first-order chi connectivity index (χ1) is 29.8. The predicted molar refractivity (Wildman–Crippen MR) is 222 cm³/mol. The predicted octanol–water partition coefficient (Wildman–Crippen LogP) is 3.66. The number of carbonyl (C=O) groups excluding carboxylic acids is 6. The van der Waals surface area contributed by atoms with Crippen LogP contribution in [0, 0.1) is 16.7 Å². The number of aliphatic hydroxyl groups excluding tert-OH is 2. The Hall–Kier alpha value is -5.74. The first kappa shape index (κ1) is 45.3. The van der Waals surface area contributed by atoms with Crippen LogP contribution in [0.1, 0.15) is 81.9 Å². The van der Waals surface area contributed by atoms with Crippen molar-refractivity contribution in [3.8, 4) is 0 Å². The molecule has 1 saturated heterocycles. The van der Waals surface area contributed by atoms with Gasteiger partial charge in [-0.05, 0) is 48.3 Å². The van der Waals surface area contributed by atoms with Crippen molar-refractivity contribution in [3.05, 3.63) is 119 Å². The molecule has 11 atom stereocenters. The monoisotopic (exact) mass is 867 g/mol. The van der Waals surface area contributed by atoms with Crippen LogP contribution in [0.3, 0.4) is 0 Å². The van der Waals surface area contributed by atoms with Crippen LogP contribution in [0.25, 0.3) is 0 Å². The molecule has 63 heavy (non-hydrogen) atoms. The zero-order valence-electron chi connectivity index (χ0n) is 35.9. The van der Waals surface area contributed by atoms with Crippen LogP contribution < -0.4 is 5.32 Å². The van der Waals surface area contributed by atoms with Crippen LogP contribution in [-0.4, -0.2) is 105 Å². The summed E-state index contributed by atoms with van der Waals surface area (Å²) in [6, 6.07) is 23.7. The highest BCUT2D eigenvalue weighted by Gasteiger charge is 2.78. The Morgan fingerprint density at radius 1 is 0.857 bits per heavy atom. The van der Waals surface area contributed by atoms with Crippen LogP contribution in [-0.2, 0) is 54.1 Å². The van der Waals surface area contributed by atoms with Crippen LogP contribution in [0.2, 0.25) is 0 Å².